The first-order valence-electron chi connectivity index (χ1n) is 6.70. The summed E-state index contributed by atoms with van der Waals surface area (Å²) in [6.07, 6.45) is 3.99. The molecule has 0 radical (unpaired) electrons. The Morgan fingerprint density at radius 3 is 2.81 bits per heavy atom. The van der Waals surface area contributed by atoms with Crippen LogP contribution < -0.4 is 10.6 Å². The number of fused-ring (bicyclic) bond motifs is 1. The van der Waals surface area contributed by atoms with E-state index in [1.165, 1.54) is 22.9 Å². The zero-order valence-corrected chi connectivity index (χ0v) is 13.2. The number of nitrogens with two attached hydrogens (primary N) is 1. The first-order valence-corrected chi connectivity index (χ1v) is 7.49. The number of anilines is 1. The topological polar surface area (TPSA) is 72.1 Å². The van der Waals surface area contributed by atoms with Crippen LogP contribution in [0.3, 0.4) is 0 Å². The van der Waals surface area contributed by atoms with Crippen molar-refractivity contribution in [2.24, 2.45) is 5.73 Å². The molecule has 0 bridgehead atoms. The van der Waals surface area contributed by atoms with Crippen LogP contribution in [0.15, 0.2) is 29.0 Å². The van der Waals surface area contributed by atoms with Gasteiger partial charge in [-0.05, 0) is 36.1 Å². The lowest BCUT2D eigenvalue weighted by atomic mass is 9.97. The van der Waals surface area contributed by atoms with E-state index in [9.17, 15) is 4.79 Å². The van der Waals surface area contributed by atoms with Crippen molar-refractivity contribution in [3.8, 4) is 0 Å². The van der Waals surface area contributed by atoms with Gasteiger partial charge in [0.25, 0.3) is 5.91 Å². The SMILES string of the molecule is Cc1cc2c(cc1Br)CN(c1nccnc1C(N)=O)CC2. The van der Waals surface area contributed by atoms with E-state index < -0.39 is 5.91 Å². The molecule has 1 aliphatic rings. The van der Waals surface area contributed by atoms with Crippen LogP contribution in [-0.2, 0) is 13.0 Å². The van der Waals surface area contributed by atoms with Gasteiger partial charge >= 0.3 is 0 Å². The lowest BCUT2D eigenvalue weighted by Gasteiger charge is -2.30. The molecule has 2 aromatic rings. The summed E-state index contributed by atoms with van der Waals surface area (Å²) >= 11 is 3.57. The van der Waals surface area contributed by atoms with E-state index in [1.807, 2.05) is 0 Å². The molecule has 0 saturated heterocycles. The van der Waals surface area contributed by atoms with Crippen molar-refractivity contribution in [2.45, 2.75) is 19.9 Å². The quantitative estimate of drug-likeness (QED) is 0.904. The average molecular weight is 347 g/mol. The van der Waals surface area contributed by atoms with Crippen molar-refractivity contribution < 1.29 is 4.79 Å². The second-order valence-electron chi connectivity index (χ2n) is 5.13. The Balaban J connectivity index is 1.97. The number of halogens is 1. The minimum atomic E-state index is -0.547. The van der Waals surface area contributed by atoms with Gasteiger partial charge in [-0.25, -0.2) is 9.97 Å². The Bertz CT molecular complexity index is 717. The maximum Gasteiger partial charge on any atom is 0.271 e. The van der Waals surface area contributed by atoms with Crippen LogP contribution in [-0.4, -0.2) is 22.4 Å². The highest BCUT2D eigenvalue weighted by atomic mass is 79.9. The van der Waals surface area contributed by atoms with Crippen molar-refractivity contribution in [3.63, 3.8) is 0 Å². The summed E-state index contributed by atoms with van der Waals surface area (Å²) in [4.78, 5) is 21.9. The molecule has 0 atom stereocenters. The Morgan fingerprint density at radius 1 is 1.29 bits per heavy atom. The highest BCUT2D eigenvalue weighted by Gasteiger charge is 2.22. The molecule has 2 N–H and O–H groups in total. The molecule has 0 aliphatic carbocycles. The molecular weight excluding hydrogens is 332 g/mol. The van der Waals surface area contributed by atoms with E-state index in [0.29, 0.717) is 12.4 Å². The van der Waals surface area contributed by atoms with Gasteiger partial charge < -0.3 is 10.6 Å². The molecule has 3 rings (SSSR count). The predicted octanol–water partition coefficient (Wildman–Crippen LogP) is 2.21. The molecule has 5 nitrogen and oxygen atoms in total. The van der Waals surface area contributed by atoms with E-state index in [-0.39, 0.29) is 5.69 Å². The molecule has 1 amide bonds. The van der Waals surface area contributed by atoms with E-state index in [1.54, 1.807) is 6.20 Å². The fourth-order valence-electron chi connectivity index (χ4n) is 2.62. The first-order chi connectivity index (χ1) is 10.1. The Labute approximate surface area is 131 Å². The molecule has 1 aromatic carbocycles. The fourth-order valence-corrected chi connectivity index (χ4v) is 3.01. The van der Waals surface area contributed by atoms with Crippen LogP contribution in [0.25, 0.3) is 0 Å². The maximum absolute atomic E-state index is 11.5. The molecule has 21 heavy (non-hydrogen) atoms. The molecular formula is C15H15BrN4O. The van der Waals surface area contributed by atoms with Crippen LogP contribution in [0.5, 0.6) is 0 Å². The van der Waals surface area contributed by atoms with Gasteiger partial charge in [0, 0.05) is 30.0 Å². The molecule has 0 unspecified atom stereocenters. The summed E-state index contributed by atoms with van der Waals surface area (Å²) in [7, 11) is 0. The van der Waals surface area contributed by atoms with Gasteiger partial charge in [-0.15, -0.1) is 0 Å². The molecule has 1 aliphatic heterocycles. The van der Waals surface area contributed by atoms with Crippen LogP contribution in [0.1, 0.15) is 27.2 Å². The minimum absolute atomic E-state index is 0.229. The number of carbonyl (C=O) groups excluding carboxylic acids is 1. The Hall–Kier alpha value is -1.95. The van der Waals surface area contributed by atoms with E-state index in [0.717, 1.165) is 17.4 Å². The fraction of sp³-hybridized carbons (Fsp3) is 0.267. The number of amides is 1. The third-order valence-corrected chi connectivity index (χ3v) is 4.56. The number of hydrogen-bond donors (Lipinski definition) is 1. The molecule has 0 spiro atoms. The van der Waals surface area contributed by atoms with Crippen LogP contribution in [0.4, 0.5) is 5.82 Å². The lowest BCUT2D eigenvalue weighted by molar-refractivity contribution is 0.0995. The summed E-state index contributed by atoms with van der Waals surface area (Å²) in [5.41, 5.74) is 9.43. The van der Waals surface area contributed by atoms with Gasteiger partial charge in [-0.3, -0.25) is 4.79 Å². The van der Waals surface area contributed by atoms with Crippen molar-refractivity contribution in [3.05, 3.63) is 51.4 Å². The number of aromatic nitrogens is 2. The number of carbonyl (C=O) groups is 1. The zero-order valence-electron chi connectivity index (χ0n) is 11.6. The highest BCUT2D eigenvalue weighted by Crippen LogP contribution is 2.28. The largest absolute Gasteiger partial charge is 0.364 e. The van der Waals surface area contributed by atoms with E-state index in [4.69, 9.17) is 5.73 Å². The lowest BCUT2D eigenvalue weighted by Crippen LogP contribution is -2.33. The number of primary amides is 1. The van der Waals surface area contributed by atoms with E-state index >= 15 is 0 Å². The van der Waals surface area contributed by atoms with Gasteiger partial charge in [-0.2, -0.15) is 0 Å². The summed E-state index contributed by atoms with van der Waals surface area (Å²) in [5.74, 6) is 0.0151. The van der Waals surface area contributed by atoms with Crippen molar-refractivity contribution in [2.75, 3.05) is 11.4 Å². The second-order valence-corrected chi connectivity index (χ2v) is 5.99. The van der Waals surface area contributed by atoms with Gasteiger partial charge in [0.1, 0.15) is 0 Å². The van der Waals surface area contributed by atoms with Gasteiger partial charge in [0.15, 0.2) is 11.5 Å². The summed E-state index contributed by atoms with van der Waals surface area (Å²) in [5, 5.41) is 0. The van der Waals surface area contributed by atoms with Gasteiger partial charge in [0.2, 0.25) is 0 Å². The summed E-state index contributed by atoms with van der Waals surface area (Å²) < 4.78 is 1.09. The predicted molar refractivity (Wildman–Crippen MR) is 84.2 cm³/mol. The van der Waals surface area contributed by atoms with Crippen LogP contribution >= 0.6 is 15.9 Å². The van der Waals surface area contributed by atoms with Gasteiger partial charge in [0.05, 0.1) is 0 Å². The standard InChI is InChI=1S/C15H15BrN4O/c1-9-6-10-2-5-20(8-11(10)7-12(9)16)15-13(14(17)21)18-3-4-19-15/h3-4,6-7H,2,5,8H2,1H3,(H2,17,21). The van der Waals surface area contributed by atoms with Crippen LogP contribution in [0.2, 0.25) is 0 Å². The summed E-state index contributed by atoms with van der Waals surface area (Å²) in [6.45, 7) is 3.59. The number of benzene rings is 1. The third kappa shape index (κ3) is 2.63. The highest BCUT2D eigenvalue weighted by molar-refractivity contribution is 9.10. The number of nitrogens with zero attached hydrogens (tertiary/aromatic N) is 3. The zero-order chi connectivity index (χ0) is 15.0. The number of aryl methyl sites for hydroxylation is 1. The second kappa shape index (κ2) is 5.44. The maximum atomic E-state index is 11.5. The molecule has 2 heterocycles. The monoisotopic (exact) mass is 346 g/mol. The van der Waals surface area contributed by atoms with Crippen molar-refractivity contribution in [1.29, 1.82) is 0 Å². The normalized spacial score (nSPS) is 13.9. The smallest absolute Gasteiger partial charge is 0.271 e. The molecule has 1 aromatic heterocycles. The molecule has 0 saturated carbocycles. The first kappa shape index (κ1) is 14.0. The molecule has 6 heteroatoms. The van der Waals surface area contributed by atoms with Crippen molar-refractivity contribution in [1.82, 2.24) is 9.97 Å². The average Bonchev–Trinajstić information content (AvgIpc) is 2.48. The number of hydrogen-bond acceptors (Lipinski definition) is 4. The molecule has 0 fully saturated rings. The minimum Gasteiger partial charge on any atom is -0.364 e. The summed E-state index contributed by atoms with van der Waals surface area (Å²) in [6, 6.07) is 4.35. The molecule has 108 valence electrons. The van der Waals surface area contributed by atoms with Crippen molar-refractivity contribution >= 4 is 27.7 Å². The van der Waals surface area contributed by atoms with E-state index in [2.05, 4.69) is 49.9 Å². The Kier molecular flexibility index (Phi) is 3.63. The van der Waals surface area contributed by atoms with Gasteiger partial charge in [-0.1, -0.05) is 22.0 Å². The Morgan fingerprint density at radius 2 is 2.05 bits per heavy atom. The van der Waals surface area contributed by atoms with Crippen LogP contribution in [0, 0.1) is 6.92 Å². The number of rotatable bonds is 2. The third-order valence-electron chi connectivity index (χ3n) is 3.70.